The van der Waals surface area contributed by atoms with Crippen LogP contribution in [0.5, 0.6) is 5.75 Å². The molecule has 2 aromatic carbocycles. The zero-order chi connectivity index (χ0) is 14.5. The summed E-state index contributed by atoms with van der Waals surface area (Å²) in [4.78, 5) is 0. The van der Waals surface area contributed by atoms with Crippen molar-refractivity contribution in [3.05, 3.63) is 59.2 Å². The van der Waals surface area contributed by atoms with E-state index in [2.05, 4.69) is 16.1 Å². The summed E-state index contributed by atoms with van der Waals surface area (Å²) in [6, 6.07) is 12.9. The lowest BCUT2D eigenvalue weighted by atomic mass is 10.1. The monoisotopic (exact) mass is 277 g/mol. The van der Waals surface area contributed by atoms with Crippen LogP contribution < -0.4 is 10.1 Å². The zero-order valence-corrected chi connectivity index (χ0v) is 11.5. The van der Waals surface area contributed by atoms with Crippen molar-refractivity contribution in [2.24, 2.45) is 0 Å². The fourth-order valence-corrected chi connectivity index (χ4v) is 1.99. The van der Waals surface area contributed by atoms with Crippen molar-refractivity contribution in [2.75, 3.05) is 5.32 Å². The summed E-state index contributed by atoms with van der Waals surface area (Å²) < 4.78 is 29.2. The van der Waals surface area contributed by atoms with Crippen molar-refractivity contribution >= 4 is 5.69 Å². The first-order valence-electron chi connectivity index (χ1n) is 6.40. The maximum atomic E-state index is 12.3. The van der Waals surface area contributed by atoms with Crippen molar-refractivity contribution in [1.29, 1.82) is 0 Å². The van der Waals surface area contributed by atoms with Gasteiger partial charge in [0, 0.05) is 6.54 Å². The minimum absolute atomic E-state index is 0.160. The number of anilines is 1. The molecule has 0 aliphatic rings. The molecular weight excluding hydrogens is 260 g/mol. The minimum Gasteiger partial charge on any atom is -0.433 e. The van der Waals surface area contributed by atoms with E-state index in [9.17, 15) is 8.78 Å². The van der Waals surface area contributed by atoms with E-state index in [0.29, 0.717) is 12.2 Å². The van der Waals surface area contributed by atoms with Gasteiger partial charge in [-0.25, -0.2) is 0 Å². The van der Waals surface area contributed by atoms with Crippen molar-refractivity contribution in [3.8, 4) is 5.75 Å². The molecule has 20 heavy (non-hydrogen) atoms. The molecule has 0 aliphatic carbocycles. The smallest absolute Gasteiger partial charge is 0.387 e. The maximum absolute atomic E-state index is 12.3. The second-order valence-corrected chi connectivity index (χ2v) is 4.66. The average Bonchev–Trinajstić information content (AvgIpc) is 2.41. The van der Waals surface area contributed by atoms with E-state index in [1.807, 2.05) is 26.0 Å². The molecule has 0 amide bonds. The first kappa shape index (κ1) is 14.3. The van der Waals surface area contributed by atoms with E-state index in [4.69, 9.17) is 0 Å². The summed E-state index contributed by atoms with van der Waals surface area (Å²) in [6.45, 7) is 1.80. The summed E-state index contributed by atoms with van der Waals surface area (Å²) in [5.74, 6) is 0.160. The normalized spacial score (nSPS) is 10.7. The summed E-state index contributed by atoms with van der Waals surface area (Å²) in [5, 5.41) is 3.14. The van der Waals surface area contributed by atoms with Gasteiger partial charge >= 0.3 is 6.61 Å². The highest BCUT2D eigenvalue weighted by molar-refractivity contribution is 5.56. The molecule has 0 saturated heterocycles. The van der Waals surface area contributed by atoms with Crippen molar-refractivity contribution in [1.82, 2.24) is 0 Å². The Kier molecular flexibility index (Phi) is 4.56. The van der Waals surface area contributed by atoms with Crippen molar-refractivity contribution in [3.63, 3.8) is 0 Å². The standard InChI is InChI=1S/C16H17F2NO/c1-11-7-8-12(2)13(9-11)10-19-14-5-3-4-6-15(14)20-16(17)18/h3-9,16,19H,10H2,1-2H3. The number of nitrogens with one attached hydrogen (secondary N) is 1. The highest BCUT2D eigenvalue weighted by Crippen LogP contribution is 2.26. The largest absolute Gasteiger partial charge is 0.433 e. The number of benzene rings is 2. The van der Waals surface area contributed by atoms with Gasteiger partial charge in [-0.15, -0.1) is 0 Å². The Morgan fingerprint density at radius 3 is 2.60 bits per heavy atom. The van der Waals surface area contributed by atoms with Crippen LogP contribution in [0.25, 0.3) is 0 Å². The topological polar surface area (TPSA) is 21.3 Å². The number of hydrogen-bond acceptors (Lipinski definition) is 2. The molecule has 0 fully saturated rings. The van der Waals surface area contributed by atoms with Gasteiger partial charge in [-0.1, -0.05) is 35.9 Å². The molecule has 0 saturated carbocycles. The first-order chi connectivity index (χ1) is 9.56. The van der Waals surface area contributed by atoms with E-state index >= 15 is 0 Å². The molecule has 0 unspecified atom stereocenters. The van der Waals surface area contributed by atoms with Gasteiger partial charge < -0.3 is 10.1 Å². The molecule has 2 rings (SSSR count). The third-order valence-corrected chi connectivity index (χ3v) is 3.08. The second-order valence-electron chi connectivity index (χ2n) is 4.66. The van der Waals surface area contributed by atoms with Gasteiger partial charge in [0.05, 0.1) is 5.69 Å². The molecular formula is C16H17F2NO. The van der Waals surface area contributed by atoms with Gasteiger partial charge in [0.15, 0.2) is 0 Å². The third kappa shape index (κ3) is 3.70. The van der Waals surface area contributed by atoms with Crippen LogP contribution in [0.2, 0.25) is 0 Å². The van der Waals surface area contributed by atoms with Crippen LogP contribution in [-0.4, -0.2) is 6.61 Å². The molecule has 0 atom stereocenters. The number of para-hydroxylation sites is 2. The van der Waals surface area contributed by atoms with Crippen molar-refractivity contribution in [2.45, 2.75) is 27.0 Å². The number of rotatable bonds is 5. The van der Waals surface area contributed by atoms with Gasteiger partial charge in [0.25, 0.3) is 0 Å². The Morgan fingerprint density at radius 1 is 1.10 bits per heavy atom. The van der Waals surface area contributed by atoms with Crippen LogP contribution >= 0.6 is 0 Å². The first-order valence-corrected chi connectivity index (χ1v) is 6.40. The van der Waals surface area contributed by atoms with Crippen LogP contribution in [0.1, 0.15) is 16.7 Å². The van der Waals surface area contributed by atoms with Crippen LogP contribution in [-0.2, 0) is 6.54 Å². The molecule has 0 heterocycles. The summed E-state index contributed by atoms with van der Waals surface area (Å²) in [6.07, 6.45) is 0. The summed E-state index contributed by atoms with van der Waals surface area (Å²) in [5.41, 5.74) is 4.03. The molecule has 0 spiro atoms. The maximum Gasteiger partial charge on any atom is 0.387 e. The Bertz CT molecular complexity index is 584. The molecule has 0 aliphatic heterocycles. The Labute approximate surface area is 117 Å². The predicted molar refractivity (Wildman–Crippen MR) is 76.3 cm³/mol. The van der Waals surface area contributed by atoms with E-state index in [-0.39, 0.29) is 5.75 Å². The summed E-state index contributed by atoms with van der Waals surface area (Å²) >= 11 is 0. The average molecular weight is 277 g/mol. The molecule has 2 aromatic rings. The number of halogens is 2. The predicted octanol–water partition coefficient (Wildman–Crippen LogP) is 4.52. The minimum atomic E-state index is -2.82. The lowest BCUT2D eigenvalue weighted by molar-refractivity contribution is -0.0493. The fraction of sp³-hybridized carbons (Fsp3) is 0.250. The third-order valence-electron chi connectivity index (χ3n) is 3.08. The van der Waals surface area contributed by atoms with E-state index in [0.717, 1.165) is 11.1 Å². The van der Waals surface area contributed by atoms with Crippen LogP contribution in [0, 0.1) is 13.8 Å². The fourth-order valence-electron chi connectivity index (χ4n) is 1.99. The van der Waals surface area contributed by atoms with Gasteiger partial charge in [0.1, 0.15) is 5.75 Å². The van der Waals surface area contributed by atoms with Gasteiger partial charge in [0.2, 0.25) is 0 Å². The molecule has 0 radical (unpaired) electrons. The van der Waals surface area contributed by atoms with E-state index in [1.54, 1.807) is 18.2 Å². The molecule has 0 bridgehead atoms. The zero-order valence-electron chi connectivity index (χ0n) is 11.5. The molecule has 0 aromatic heterocycles. The number of aryl methyl sites for hydroxylation is 2. The van der Waals surface area contributed by atoms with Crippen LogP contribution in [0.4, 0.5) is 14.5 Å². The Balaban J connectivity index is 2.12. The van der Waals surface area contributed by atoms with Crippen LogP contribution in [0.15, 0.2) is 42.5 Å². The van der Waals surface area contributed by atoms with Crippen molar-refractivity contribution < 1.29 is 13.5 Å². The van der Waals surface area contributed by atoms with Gasteiger partial charge in [-0.2, -0.15) is 8.78 Å². The quantitative estimate of drug-likeness (QED) is 0.867. The van der Waals surface area contributed by atoms with E-state index in [1.165, 1.54) is 11.6 Å². The molecule has 4 heteroatoms. The summed E-state index contributed by atoms with van der Waals surface area (Å²) in [7, 11) is 0. The molecule has 106 valence electrons. The lowest BCUT2D eigenvalue weighted by Crippen LogP contribution is -2.07. The highest BCUT2D eigenvalue weighted by atomic mass is 19.3. The molecule has 1 N–H and O–H groups in total. The van der Waals surface area contributed by atoms with E-state index < -0.39 is 6.61 Å². The van der Waals surface area contributed by atoms with Gasteiger partial charge in [-0.3, -0.25) is 0 Å². The molecule has 2 nitrogen and oxygen atoms in total. The highest BCUT2D eigenvalue weighted by Gasteiger charge is 2.09. The Morgan fingerprint density at radius 2 is 1.85 bits per heavy atom. The lowest BCUT2D eigenvalue weighted by Gasteiger charge is -2.14. The number of hydrogen-bond donors (Lipinski definition) is 1. The number of alkyl halides is 2. The van der Waals surface area contributed by atoms with Gasteiger partial charge in [-0.05, 0) is 37.1 Å². The number of ether oxygens (including phenoxy) is 1. The van der Waals surface area contributed by atoms with Crippen LogP contribution in [0.3, 0.4) is 0 Å². The Hall–Kier alpha value is -2.10. The second kappa shape index (κ2) is 6.37. The SMILES string of the molecule is Cc1ccc(C)c(CNc2ccccc2OC(F)F)c1.